The zero-order valence-electron chi connectivity index (χ0n) is 15.1. The van der Waals surface area contributed by atoms with Gasteiger partial charge in [0.05, 0.1) is 11.2 Å². The first-order chi connectivity index (χ1) is 12.5. The third kappa shape index (κ3) is 3.80. The minimum absolute atomic E-state index is 0.169. The minimum atomic E-state index is 0.169. The topological polar surface area (TPSA) is 36.4 Å². The molecule has 0 atom stereocenters. The van der Waals surface area contributed by atoms with Crippen LogP contribution in [0.2, 0.25) is 5.02 Å². The van der Waals surface area contributed by atoms with E-state index < -0.39 is 0 Å². The Morgan fingerprint density at radius 1 is 1.19 bits per heavy atom. The molecule has 2 aromatic rings. The predicted octanol–water partition coefficient (Wildman–Crippen LogP) is 4.12. The monoisotopic (exact) mass is 389 g/mol. The normalized spacial score (nSPS) is 20.2. The molecule has 0 unspecified atom stereocenters. The molecule has 1 spiro atoms. The number of hydrogen-bond donors (Lipinski definition) is 0. The fourth-order valence-electron chi connectivity index (χ4n) is 4.14. The molecule has 26 heavy (non-hydrogen) atoms. The average molecular weight is 390 g/mol. The number of rotatable bonds is 4. The second-order valence-electron chi connectivity index (χ2n) is 7.69. The highest BCUT2D eigenvalue weighted by Crippen LogP contribution is 2.41. The molecule has 1 amide bonds. The van der Waals surface area contributed by atoms with Gasteiger partial charge in [0.15, 0.2) is 0 Å². The van der Waals surface area contributed by atoms with Gasteiger partial charge in [-0.2, -0.15) is 0 Å². The number of nitrogens with zero attached hydrogens (tertiary/aromatic N) is 3. The lowest BCUT2D eigenvalue weighted by Crippen LogP contribution is -2.41. The molecule has 2 aliphatic rings. The zero-order valence-corrected chi connectivity index (χ0v) is 16.7. The van der Waals surface area contributed by atoms with Crippen LogP contribution in [0.1, 0.15) is 35.4 Å². The standard InChI is InChI=1S/C20H24ClN3OS/c1-15-18(26-14-22-15)12-23-8-6-20(7-9-23)10-19(25)24(13-20)11-16-2-4-17(21)5-3-16/h2-5,14H,6-13H2,1H3. The molecule has 2 saturated heterocycles. The lowest BCUT2D eigenvalue weighted by atomic mass is 9.77. The Morgan fingerprint density at radius 2 is 1.92 bits per heavy atom. The number of benzene rings is 1. The Labute approximate surface area is 163 Å². The number of carbonyl (C=O) groups is 1. The van der Waals surface area contributed by atoms with Gasteiger partial charge in [-0.3, -0.25) is 9.69 Å². The van der Waals surface area contributed by atoms with Gasteiger partial charge >= 0.3 is 0 Å². The molecule has 6 heteroatoms. The van der Waals surface area contributed by atoms with Crippen molar-refractivity contribution < 1.29 is 4.79 Å². The quantitative estimate of drug-likeness (QED) is 0.789. The maximum Gasteiger partial charge on any atom is 0.223 e. The molecule has 1 aromatic carbocycles. The highest BCUT2D eigenvalue weighted by molar-refractivity contribution is 7.09. The molecule has 1 aromatic heterocycles. The number of aryl methyl sites for hydroxylation is 1. The van der Waals surface area contributed by atoms with Crippen molar-refractivity contribution in [2.45, 2.75) is 39.3 Å². The number of piperidine rings is 1. The van der Waals surface area contributed by atoms with Crippen LogP contribution in [0.3, 0.4) is 0 Å². The maximum absolute atomic E-state index is 12.6. The van der Waals surface area contributed by atoms with Gasteiger partial charge in [-0.15, -0.1) is 11.3 Å². The van der Waals surface area contributed by atoms with Gasteiger partial charge in [-0.05, 0) is 56.0 Å². The first kappa shape index (κ1) is 18.0. The Kier molecular flexibility index (Phi) is 5.04. The van der Waals surface area contributed by atoms with Gasteiger partial charge in [0.2, 0.25) is 5.91 Å². The van der Waals surface area contributed by atoms with Gasteiger partial charge in [0.1, 0.15) is 0 Å². The Morgan fingerprint density at radius 3 is 2.58 bits per heavy atom. The number of aromatic nitrogens is 1. The molecule has 2 fully saturated rings. The van der Waals surface area contributed by atoms with Gasteiger partial charge in [0.25, 0.3) is 0 Å². The summed E-state index contributed by atoms with van der Waals surface area (Å²) in [6.07, 6.45) is 2.91. The van der Waals surface area contributed by atoms with Crippen LogP contribution in [0.5, 0.6) is 0 Å². The Hall–Kier alpha value is -1.43. The summed E-state index contributed by atoms with van der Waals surface area (Å²) in [5, 5.41) is 0.738. The largest absolute Gasteiger partial charge is 0.338 e. The summed E-state index contributed by atoms with van der Waals surface area (Å²) in [6, 6.07) is 7.82. The van der Waals surface area contributed by atoms with Gasteiger partial charge < -0.3 is 4.90 Å². The predicted molar refractivity (Wildman–Crippen MR) is 105 cm³/mol. The van der Waals surface area contributed by atoms with Crippen molar-refractivity contribution in [2.24, 2.45) is 5.41 Å². The van der Waals surface area contributed by atoms with E-state index in [1.165, 1.54) is 4.88 Å². The van der Waals surface area contributed by atoms with Crippen molar-refractivity contribution in [1.82, 2.24) is 14.8 Å². The molecule has 0 aliphatic carbocycles. The van der Waals surface area contributed by atoms with E-state index in [1.807, 2.05) is 34.7 Å². The summed E-state index contributed by atoms with van der Waals surface area (Å²) in [5.74, 6) is 0.298. The van der Waals surface area contributed by atoms with E-state index in [4.69, 9.17) is 11.6 Å². The highest BCUT2D eigenvalue weighted by atomic mass is 35.5. The molecule has 0 saturated carbocycles. The molecular weight excluding hydrogens is 366 g/mol. The van der Waals surface area contributed by atoms with Crippen molar-refractivity contribution in [3.8, 4) is 0 Å². The van der Waals surface area contributed by atoms with E-state index >= 15 is 0 Å². The van der Waals surface area contributed by atoms with Crippen LogP contribution >= 0.6 is 22.9 Å². The smallest absolute Gasteiger partial charge is 0.223 e. The lowest BCUT2D eigenvalue weighted by molar-refractivity contribution is -0.128. The van der Waals surface area contributed by atoms with E-state index in [9.17, 15) is 4.79 Å². The summed E-state index contributed by atoms with van der Waals surface area (Å²) < 4.78 is 0. The summed E-state index contributed by atoms with van der Waals surface area (Å²) in [4.78, 5) is 22.8. The van der Waals surface area contributed by atoms with Crippen LogP contribution in [-0.4, -0.2) is 40.3 Å². The second kappa shape index (κ2) is 7.29. The average Bonchev–Trinajstić information content (AvgIpc) is 3.16. The fraction of sp³-hybridized carbons (Fsp3) is 0.500. The van der Waals surface area contributed by atoms with Crippen LogP contribution in [0.25, 0.3) is 0 Å². The van der Waals surface area contributed by atoms with E-state index in [1.54, 1.807) is 11.3 Å². The van der Waals surface area contributed by atoms with Crippen molar-refractivity contribution >= 4 is 28.8 Å². The third-order valence-corrected chi connectivity index (χ3v) is 6.99. The van der Waals surface area contributed by atoms with Crippen molar-refractivity contribution in [3.05, 3.63) is 50.9 Å². The minimum Gasteiger partial charge on any atom is -0.338 e. The zero-order chi connectivity index (χ0) is 18.1. The molecule has 4 rings (SSSR count). The Balaban J connectivity index is 1.35. The first-order valence-corrected chi connectivity index (χ1v) is 10.4. The molecule has 0 N–H and O–H groups in total. The maximum atomic E-state index is 12.6. The highest BCUT2D eigenvalue weighted by Gasteiger charge is 2.44. The SMILES string of the molecule is Cc1ncsc1CN1CCC2(CC1)CC(=O)N(Cc1ccc(Cl)cc1)C2. The van der Waals surface area contributed by atoms with E-state index in [-0.39, 0.29) is 5.41 Å². The van der Waals surface area contributed by atoms with E-state index in [2.05, 4.69) is 16.8 Å². The Bertz CT molecular complexity index is 781. The number of hydrogen-bond acceptors (Lipinski definition) is 4. The molecule has 0 radical (unpaired) electrons. The molecular formula is C20H24ClN3OS. The van der Waals surface area contributed by atoms with Crippen molar-refractivity contribution in [1.29, 1.82) is 0 Å². The summed E-state index contributed by atoms with van der Waals surface area (Å²) in [5.41, 5.74) is 4.40. The van der Waals surface area contributed by atoms with Gasteiger partial charge in [0, 0.05) is 36.0 Å². The van der Waals surface area contributed by atoms with Crippen LogP contribution in [0, 0.1) is 12.3 Å². The number of carbonyl (C=O) groups excluding carboxylic acids is 1. The number of likely N-dealkylation sites (tertiary alicyclic amines) is 2. The van der Waals surface area contributed by atoms with E-state index in [0.29, 0.717) is 18.9 Å². The third-order valence-electron chi connectivity index (χ3n) is 5.82. The molecule has 3 heterocycles. The van der Waals surface area contributed by atoms with Gasteiger partial charge in [-0.1, -0.05) is 23.7 Å². The fourth-order valence-corrected chi connectivity index (χ4v) is 5.08. The summed E-state index contributed by atoms with van der Waals surface area (Å²) in [6.45, 7) is 6.80. The molecule has 4 nitrogen and oxygen atoms in total. The van der Waals surface area contributed by atoms with Gasteiger partial charge in [-0.25, -0.2) is 4.98 Å². The summed E-state index contributed by atoms with van der Waals surface area (Å²) >= 11 is 7.70. The van der Waals surface area contributed by atoms with Crippen molar-refractivity contribution in [3.63, 3.8) is 0 Å². The molecule has 0 bridgehead atoms. The first-order valence-electron chi connectivity index (χ1n) is 9.17. The molecule has 138 valence electrons. The van der Waals surface area contributed by atoms with Crippen LogP contribution in [0.4, 0.5) is 0 Å². The van der Waals surface area contributed by atoms with Crippen LogP contribution in [-0.2, 0) is 17.9 Å². The van der Waals surface area contributed by atoms with Crippen molar-refractivity contribution in [2.75, 3.05) is 19.6 Å². The molecule has 2 aliphatic heterocycles. The number of halogens is 1. The number of thiazole rings is 1. The lowest BCUT2D eigenvalue weighted by Gasteiger charge is -2.38. The van der Waals surface area contributed by atoms with E-state index in [0.717, 1.165) is 55.3 Å². The second-order valence-corrected chi connectivity index (χ2v) is 9.07. The van der Waals surface area contributed by atoms with Crippen LogP contribution < -0.4 is 0 Å². The summed E-state index contributed by atoms with van der Waals surface area (Å²) in [7, 11) is 0. The number of amides is 1. The van der Waals surface area contributed by atoms with Crippen LogP contribution in [0.15, 0.2) is 29.8 Å².